The van der Waals surface area contributed by atoms with Gasteiger partial charge in [-0.05, 0) is 48.5 Å². The Bertz CT molecular complexity index is 408. The van der Waals surface area contributed by atoms with Crippen molar-refractivity contribution in [2.45, 2.75) is 53.4 Å². The maximum absolute atomic E-state index is 11.7. The SMILES string of the molecule is C=C/C(=C\CC(C)C(C)C1CC1CC)C(CC)C(=O)C=O. The second kappa shape index (κ2) is 8.31. The van der Waals surface area contributed by atoms with Crippen LogP contribution >= 0.6 is 0 Å². The molecule has 0 radical (unpaired) electrons. The van der Waals surface area contributed by atoms with E-state index < -0.39 is 0 Å². The molecule has 1 saturated carbocycles. The van der Waals surface area contributed by atoms with Crippen molar-refractivity contribution in [3.63, 3.8) is 0 Å². The summed E-state index contributed by atoms with van der Waals surface area (Å²) in [4.78, 5) is 22.4. The van der Waals surface area contributed by atoms with Crippen LogP contribution in [0.3, 0.4) is 0 Å². The fourth-order valence-corrected chi connectivity index (χ4v) is 3.39. The minimum atomic E-state index is -0.336. The molecule has 1 fully saturated rings. The van der Waals surface area contributed by atoms with Gasteiger partial charge in [0.15, 0.2) is 6.29 Å². The van der Waals surface area contributed by atoms with Gasteiger partial charge in [0.05, 0.1) is 0 Å². The van der Waals surface area contributed by atoms with Crippen LogP contribution in [0.4, 0.5) is 0 Å². The topological polar surface area (TPSA) is 34.1 Å². The van der Waals surface area contributed by atoms with Gasteiger partial charge >= 0.3 is 0 Å². The molecule has 1 aliphatic carbocycles. The van der Waals surface area contributed by atoms with E-state index in [2.05, 4.69) is 33.4 Å². The van der Waals surface area contributed by atoms with Crippen molar-refractivity contribution >= 4 is 12.1 Å². The van der Waals surface area contributed by atoms with Crippen LogP contribution in [-0.2, 0) is 9.59 Å². The minimum Gasteiger partial charge on any atom is -0.295 e. The van der Waals surface area contributed by atoms with E-state index in [4.69, 9.17) is 0 Å². The third-order valence-corrected chi connectivity index (χ3v) is 5.31. The van der Waals surface area contributed by atoms with Gasteiger partial charge in [0, 0.05) is 5.92 Å². The maximum atomic E-state index is 11.7. The molecule has 21 heavy (non-hydrogen) atoms. The molecule has 5 atom stereocenters. The second-order valence-corrected chi connectivity index (χ2v) is 6.53. The molecule has 1 rings (SSSR count). The van der Waals surface area contributed by atoms with Crippen LogP contribution in [0.1, 0.15) is 53.4 Å². The highest BCUT2D eigenvalue weighted by molar-refractivity contribution is 6.26. The number of hydrogen-bond donors (Lipinski definition) is 0. The number of ketones is 1. The van der Waals surface area contributed by atoms with Gasteiger partial charge in [-0.2, -0.15) is 0 Å². The molecule has 2 nitrogen and oxygen atoms in total. The van der Waals surface area contributed by atoms with E-state index >= 15 is 0 Å². The van der Waals surface area contributed by atoms with Gasteiger partial charge in [0.2, 0.25) is 5.78 Å². The Morgan fingerprint density at radius 1 is 1.33 bits per heavy atom. The molecular weight excluding hydrogens is 260 g/mol. The van der Waals surface area contributed by atoms with Crippen molar-refractivity contribution in [2.24, 2.45) is 29.6 Å². The van der Waals surface area contributed by atoms with Crippen molar-refractivity contribution in [1.82, 2.24) is 0 Å². The van der Waals surface area contributed by atoms with Gasteiger partial charge in [0.25, 0.3) is 0 Å². The van der Waals surface area contributed by atoms with Gasteiger partial charge in [-0.1, -0.05) is 52.8 Å². The first-order valence-electron chi connectivity index (χ1n) is 8.31. The summed E-state index contributed by atoms with van der Waals surface area (Å²) < 4.78 is 0. The third kappa shape index (κ3) is 4.66. The average molecular weight is 290 g/mol. The first-order valence-corrected chi connectivity index (χ1v) is 8.31. The van der Waals surface area contributed by atoms with Crippen molar-refractivity contribution in [2.75, 3.05) is 0 Å². The molecule has 2 heteroatoms. The van der Waals surface area contributed by atoms with E-state index in [0.29, 0.717) is 18.6 Å². The van der Waals surface area contributed by atoms with Crippen LogP contribution in [0.2, 0.25) is 0 Å². The van der Waals surface area contributed by atoms with Gasteiger partial charge in [-0.3, -0.25) is 9.59 Å². The lowest BCUT2D eigenvalue weighted by Crippen LogP contribution is -2.17. The largest absolute Gasteiger partial charge is 0.295 e. The number of allylic oxidation sites excluding steroid dienone is 3. The predicted octanol–water partition coefficient (Wildman–Crippen LogP) is 4.60. The fourth-order valence-electron chi connectivity index (χ4n) is 3.39. The van der Waals surface area contributed by atoms with Crippen LogP contribution in [-0.4, -0.2) is 12.1 Å². The van der Waals surface area contributed by atoms with Crippen molar-refractivity contribution < 1.29 is 9.59 Å². The molecule has 0 saturated heterocycles. The Morgan fingerprint density at radius 3 is 2.43 bits per heavy atom. The van der Waals surface area contributed by atoms with Crippen LogP contribution in [0.15, 0.2) is 24.3 Å². The molecule has 0 heterocycles. The van der Waals surface area contributed by atoms with Crippen LogP contribution < -0.4 is 0 Å². The zero-order valence-corrected chi connectivity index (χ0v) is 14.0. The van der Waals surface area contributed by atoms with Crippen LogP contribution in [0.5, 0.6) is 0 Å². The molecule has 0 aliphatic heterocycles. The summed E-state index contributed by atoms with van der Waals surface area (Å²) in [6.45, 7) is 12.6. The minimum absolute atomic E-state index is 0.313. The lowest BCUT2D eigenvalue weighted by atomic mass is 9.85. The van der Waals surface area contributed by atoms with E-state index in [-0.39, 0.29) is 11.7 Å². The summed E-state index contributed by atoms with van der Waals surface area (Å²) in [6.07, 6.45) is 8.57. The Hall–Kier alpha value is -1.18. The molecule has 0 spiro atoms. The fraction of sp³-hybridized carbons (Fsp3) is 0.684. The number of hydrogen-bond acceptors (Lipinski definition) is 2. The first-order chi connectivity index (χ1) is 9.99. The summed E-state index contributed by atoms with van der Waals surface area (Å²) in [7, 11) is 0. The number of Topliss-reactive ketones (excluding diaryl/α,β-unsaturated/α-hetero) is 1. The summed E-state index contributed by atoms with van der Waals surface area (Å²) in [5, 5.41) is 0. The van der Waals surface area contributed by atoms with Crippen molar-refractivity contribution in [3.8, 4) is 0 Å². The monoisotopic (exact) mass is 290 g/mol. The van der Waals surface area contributed by atoms with Crippen LogP contribution in [0, 0.1) is 29.6 Å². The zero-order valence-electron chi connectivity index (χ0n) is 14.0. The number of aldehydes is 1. The maximum Gasteiger partial charge on any atom is 0.202 e. The lowest BCUT2D eigenvalue weighted by molar-refractivity contribution is -0.131. The Morgan fingerprint density at radius 2 is 2.00 bits per heavy atom. The van der Waals surface area contributed by atoms with Gasteiger partial charge in [-0.25, -0.2) is 0 Å². The Labute approximate surface area is 129 Å². The molecule has 5 unspecified atom stereocenters. The zero-order chi connectivity index (χ0) is 16.0. The van der Waals surface area contributed by atoms with Crippen molar-refractivity contribution in [3.05, 3.63) is 24.3 Å². The number of rotatable bonds is 10. The predicted molar refractivity (Wildman–Crippen MR) is 88.0 cm³/mol. The summed E-state index contributed by atoms with van der Waals surface area (Å²) >= 11 is 0. The molecule has 1 aliphatic rings. The van der Waals surface area contributed by atoms with E-state index in [0.717, 1.165) is 29.7 Å². The molecule has 118 valence electrons. The van der Waals surface area contributed by atoms with E-state index in [1.54, 1.807) is 6.08 Å². The second-order valence-electron chi connectivity index (χ2n) is 6.53. The molecule has 0 aromatic carbocycles. The van der Waals surface area contributed by atoms with Gasteiger partial charge < -0.3 is 0 Å². The third-order valence-electron chi connectivity index (χ3n) is 5.31. The molecule has 0 aromatic rings. The standard InChI is InChI=1S/C19H30O2/c1-6-15(17(8-3)19(21)12-20)10-9-13(4)14(5)18-11-16(18)7-2/h6,10,12-14,16-18H,1,7-9,11H2,2-5H3/b15-10+. The molecular formula is C19H30O2. The smallest absolute Gasteiger partial charge is 0.202 e. The highest BCUT2D eigenvalue weighted by atomic mass is 16.2. The van der Waals surface area contributed by atoms with Crippen LogP contribution in [0.25, 0.3) is 0 Å². The molecule has 0 aromatic heterocycles. The van der Waals surface area contributed by atoms with Gasteiger partial charge in [0.1, 0.15) is 0 Å². The first kappa shape index (κ1) is 17.9. The summed E-state index contributed by atoms with van der Waals surface area (Å²) in [6, 6.07) is 0. The van der Waals surface area contributed by atoms with E-state index in [1.807, 2.05) is 6.92 Å². The van der Waals surface area contributed by atoms with E-state index in [9.17, 15) is 9.59 Å². The normalized spacial score (nSPS) is 25.8. The Balaban J connectivity index is 2.64. The molecule has 0 amide bonds. The average Bonchev–Trinajstić information content (AvgIpc) is 3.29. The molecule has 0 bridgehead atoms. The lowest BCUT2D eigenvalue weighted by Gasteiger charge is -2.20. The quantitative estimate of drug-likeness (QED) is 0.335. The highest BCUT2D eigenvalue weighted by Crippen LogP contribution is 2.49. The van der Waals surface area contributed by atoms with Gasteiger partial charge in [-0.15, -0.1) is 0 Å². The van der Waals surface area contributed by atoms with Crippen molar-refractivity contribution in [1.29, 1.82) is 0 Å². The summed E-state index contributed by atoms with van der Waals surface area (Å²) in [5.74, 6) is 2.48. The highest BCUT2D eigenvalue weighted by Gasteiger charge is 2.40. The Kier molecular flexibility index (Phi) is 7.07. The number of carbonyl (C=O) groups excluding carboxylic acids is 2. The molecule has 0 N–H and O–H groups in total. The van der Waals surface area contributed by atoms with E-state index in [1.165, 1.54) is 12.8 Å². The summed E-state index contributed by atoms with van der Waals surface area (Å²) in [5.41, 5.74) is 0.913. The number of carbonyl (C=O) groups is 2.